The highest BCUT2D eigenvalue weighted by Gasteiger charge is 2.11. The number of hydrogen-bond acceptors (Lipinski definition) is 3. The molecular weight excluding hydrogens is 269 g/mol. The molecule has 0 amide bonds. The van der Waals surface area contributed by atoms with E-state index in [1.165, 1.54) is 42.6 Å². The van der Waals surface area contributed by atoms with Gasteiger partial charge in [-0.05, 0) is 38.1 Å². The molecule has 1 fully saturated rings. The minimum Gasteiger partial charge on any atom is -0.302 e. The molecule has 0 spiro atoms. The summed E-state index contributed by atoms with van der Waals surface area (Å²) in [5.74, 6) is -0.492. The molecule has 4 nitrogen and oxygen atoms in total. The van der Waals surface area contributed by atoms with E-state index in [1.807, 2.05) is 0 Å². The van der Waals surface area contributed by atoms with E-state index in [0.717, 1.165) is 19.6 Å². The van der Waals surface area contributed by atoms with Crippen LogP contribution in [0.4, 0.5) is 4.39 Å². The quantitative estimate of drug-likeness (QED) is 0.871. The maximum atomic E-state index is 13.8. The molecule has 0 unspecified atom stereocenters. The Morgan fingerprint density at radius 1 is 1.10 bits per heavy atom. The molecule has 2 heterocycles. The number of halogens is 1. The summed E-state index contributed by atoms with van der Waals surface area (Å²) in [7, 11) is 0. The normalized spacial score (nSPS) is 17.0. The lowest BCUT2D eigenvalue weighted by Gasteiger charge is -2.20. The molecule has 0 radical (unpaired) electrons. The Bertz CT molecular complexity index is 675. The van der Waals surface area contributed by atoms with Gasteiger partial charge in [0.05, 0.1) is 11.8 Å². The van der Waals surface area contributed by atoms with Crippen molar-refractivity contribution in [3.63, 3.8) is 0 Å². The zero-order valence-corrected chi connectivity index (χ0v) is 12.1. The summed E-state index contributed by atoms with van der Waals surface area (Å²) in [6, 6.07) is 4.55. The van der Waals surface area contributed by atoms with Crippen LogP contribution >= 0.6 is 0 Å². The van der Waals surface area contributed by atoms with Crippen LogP contribution in [0.1, 0.15) is 25.7 Å². The van der Waals surface area contributed by atoms with Gasteiger partial charge in [0.2, 0.25) is 0 Å². The van der Waals surface area contributed by atoms with Gasteiger partial charge in [-0.1, -0.05) is 18.9 Å². The first-order chi connectivity index (χ1) is 10.3. The van der Waals surface area contributed by atoms with Crippen LogP contribution in [0.3, 0.4) is 0 Å². The van der Waals surface area contributed by atoms with Gasteiger partial charge in [0, 0.05) is 13.1 Å². The lowest BCUT2D eigenvalue weighted by Crippen LogP contribution is -2.32. The molecule has 112 valence electrons. The third kappa shape index (κ3) is 3.13. The van der Waals surface area contributed by atoms with Crippen LogP contribution in [0.25, 0.3) is 10.9 Å². The molecule has 0 bridgehead atoms. The fourth-order valence-electron chi connectivity index (χ4n) is 2.93. The van der Waals surface area contributed by atoms with Gasteiger partial charge in [-0.25, -0.2) is 9.37 Å². The number of likely N-dealkylation sites (tertiary alicyclic amines) is 1. The summed E-state index contributed by atoms with van der Waals surface area (Å²) in [6.07, 6.45) is 6.55. The first-order valence-electron chi connectivity index (χ1n) is 7.62. The van der Waals surface area contributed by atoms with Crippen molar-refractivity contribution in [3.8, 4) is 0 Å². The second kappa shape index (κ2) is 6.35. The summed E-state index contributed by atoms with van der Waals surface area (Å²) < 4.78 is 15.3. The van der Waals surface area contributed by atoms with Crippen molar-refractivity contribution in [1.82, 2.24) is 14.5 Å². The smallest absolute Gasteiger partial charge is 0.264 e. The summed E-state index contributed by atoms with van der Waals surface area (Å²) in [5.41, 5.74) is 0.138. The largest absolute Gasteiger partial charge is 0.302 e. The third-order valence-corrected chi connectivity index (χ3v) is 4.16. The van der Waals surface area contributed by atoms with E-state index in [-0.39, 0.29) is 10.9 Å². The minimum absolute atomic E-state index is 0.0934. The fourth-order valence-corrected chi connectivity index (χ4v) is 2.93. The Kier molecular flexibility index (Phi) is 4.29. The maximum Gasteiger partial charge on any atom is 0.264 e. The average molecular weight is 289 g/mol. The van der Waals surface area contributed by atoms with Crippen LogP contribution in [0.15, 0.2) is 29.3 Å². The van der Waals surface area contributed by atoms with Crippen LogP contribution < -0.4 is 5.56 Å². The first-order valence-corrected chi connectivity index (χ1v) is 7.62. The van der Waals surface area contributed by atoms with Gasteiger partial charge >= 0.3 is 0 Å². The second-order valence-corrected chi connectivity index (χ2v) is 5.63. The van der Waals surface area contributed by atoms with E-state index >= 15 is 0 Å². The van der Waals surface area contributed by atoms with Gasteiger partial charge < -0.3 is 4.90 Å². The molecule has 1 aliphatic heterocycles. The van der Waals surface area contributed by atoms with E-state index < -0.39 is 5.82 Å². The molecule has 3 rings (SSSR count). The van der Waals surface area contributed by atoms with E-state index in [0.29, 0.717) is 12.1 Å². The third-order valence-electron chi connectivity index (χ3n) is 4.16. The van der Waals surface area contributed by atoms with Crippen LogP contribution in [0.2, 0.25) is 0 Å². The summed E-state index contributed by atoms with van der Waals surface area (Å²) in [4.78, 5) is 18.9. The van der Waals surface area contributed by atoms with Crippen molar-refractivity contribution in [2.24, 2.45) is 0 Å². The Balaban J connectivity index is 1.79. The topological polar surface area (TPSA) is 38.1 Å². The lowest BCUT2D eigenvalue weighted by molar-refractivity contribution is 0.272. The number of aromatic nitrogens is 2. The molecule has 1 aromatic heterocycles. The molecule has 2 aromatic rings. The molecule has 5 heteroatoms. The lowest BCUT2D eigenvalue weighted by atomic mass is 10.2. The Morgan fingerprint density at radius 3 is 2.62 bits per heavy atom. The standard InChI is InChI=1S/C16H20FN3O/c17-13-6-5-7-14-15(13)16(21)20(12-18-14)11-10-19-8-3-1-2-4-9-19/h5-7,12H,1-4,8-11H2. The number of benzene rings is 1. The molecule has 1 saturated heterocycles. The van der Waals surface area contributed by atoms with Crippen molar-refractivity contribution >= 4 is 10.9 Å². The van der Waals surface area contributed by atoms with Crippen LogP contribution in [0, 0.1) is 5.82 Å². The molecular formula is C16H20FN3O. The number of nitrogens with zero attached hydrogens (tertiary/aromatic N) is 3. The molecule has 0 saturated carbocycles. The van der Waals surface area contributed by atoms with Crippen molar-refractivity contribution in [2.45, 2.75) is 32.2 Å². The second-order valence-electron chi connectivity index (χ2n) is 5.63. The monoisotopic (exact) mass is 289 g/mol. The minimum atomic E-state index is -0.492. The molecule has 21 heavy (non-hydrogen) atoms. The summed E-state index contributed by atoms with van der Waals surface area (Å²) >= 11 is 0. The molecule has 1 aromatic carbocycles. The van der Waals surface area contributed by atoms with E-state index in [1.54, 1.807) is 12.1 Å². The summed E-state index contributed by atoms with van der Waals surface area (Å²) in [6.45, 7) is 3.56. The number of hydrogen-bond donors (Lipinski definition) is 0. The maximum absolute atomic E-state index is 13.8. The zero-order chi connectivity index (χ0) is 14.7. The fraction of sp³-hybridized carbons (Fsp3) is 0.500. The SMILES string of the molecule is O=c1c2c(F)cccc2ncn1CCN1CCCCCC1. The van der Waals surface area contributed by atoms with Crippen molar-refractivity contribution in [2.75, 3.05) is 19.6 Å². The van der Waals surface area contributed by atoms with Crippen molar-refractivity contribution in [1.29, 1.82) is 0 Å². The average Bonchev–Trinajstić information content (AvgIpc) is 2.75. The highest BCUT2D eigenvalue weighted by atomic mass is 19.1. The van der Waals surface area contributed by atoms with E-state index in [4.69, 9.17) is 0 Å². The predicted octanol–water partition coefficient (Wildman–Crippen LogP) is 2.41. The van der Waals surface area contributed by atoms with Gasteiger partial charge in [-0.3, -0.25) is 9.36 Å². The summed E-state index contributed by atoms with van der Waals surface area (Å²) in [5, 5.41) is 0.0934. The van der Waals surface area contributed by atoms with Crippen LogP contribution in [-0.2, 0) is 6.54 Å². The number of fused-ring (bicyclic) bond motifs is 1. The first kappa shape index (κ1) is 14.2. The van der Waals surface area contributed by atoms with Gasteiger partial charge in [-0.15, -0.1) is 0 Å². The molecule has 0 N–H and O–H groups in total. The van der Waals surface area contributed by atoms with Gasteiger partial charge in [-0.2, -0.15) is 0 Å². The highest BCUT2D eigenvalue weighted by molar-refractivity contribution is 5.77. The Labute approximate surface area is 123 Å². The van der Waals surface area contributed by atoms with Gasteiger partial charge in [0.25, 0.3) is 5.56 Å². The number of rotatable bonds is 3. The molecule has 0 atom stereocenters. The Morgan fingerprint density at radius 2 is 1.86 bits per heavy atom. The molecule has 0 aliphatic carbocycles. The highest BCUT2D eigenvalue weighted by Crippen LogP contribution is 2.11. The van der Waals surface area contributed by atoms with Crippen LogP contribution in [-0.4, -0.2) is 34.1 Å². The van der Waals surface area contributed by atoms with Crippen molar-refractivity contribution < 1.29 is 4.39 Å². The van der Waals surface area contributed by atoms with E-state index in [2.05, 4.69) is 9.88 Å². The van der Waals surface area contributed by atoms with E-state index in [9.17, 15) is 9.18 Å². The Hall–Kier alpha value is -1.75. The predicted molar refractivity (Wildman–Crippen MR) is 80.9 cm³/mol. The van der Waals surface area contributed by atoms with Gasteiger partial charge in [0.1, 0.15) is 11.2 Å². The zero-order valence-electron chi connectivity index (χ0n) is 12.1. The van der Waals surface area contributed by atoms with Gasteiger partial charge in [0.15, 0.2) is 0 Å². The van der Waals surface area contributed by atoms with Crippen LogP contribution in [0.5, 0.6) is 0 Å². The molecule has 1 aliphatic rings. The van der Waals surface area contributed by atoms with Crippen molar-refractivity contribution in [3.05, 3.63) is 40.7 Å².